The van der Waals surface area contributed by atoms with Crippen molar-refractivity contribution in [1.82, 2.24) is 10.2 Å². The number of nitrogens with zero attached hydrogens (tertiary/aromatic N) is 2. The summed E-state index contributed by atoms with van der Waals surface area (Å²) in [5.74, 6) is -1.39. The number of rotatable bonds is 12. The average Bonchev–Trinajstić information content (AvgIpc) is 3.06. The molecule has 4 aromatic rings. The van der Waals surface area contributed by atoms with Gasteiger partial charge in [-0.3, -0.25) is 13.9 Å². The monoisotopic (exact) mass is 719 g/mol. The third kappa shape index (κ3) is 9.08. The highest BCUT2D eigenvalue weighted by Crippen LogP contribution is 2.26. The minimum atomic E-state index is -4.31. The minimum absolute atomic E-state index is 0.0141. The number of hydrogen-bond acceptors (Lipinski definition) is 4. The number of halogens is 2. The highest BCUT2D eigenvalue weighted by molar-refractivity contribution is 9.10. The smallest absolute Gasteiger partial charge is 0.264 e. The Kier molecular flexibility index (Phi) is 11.5. The zero-order chi connectivity index (χ0) is 33.4. The first-order valence-electron chi connectivity index (χ1n) is 15.8. The van der Waals surface area contributed by atoms with Gasteiger partial charge in [-0.2, -0.15) is 0 Å². The first-order chi connectivity index (χ1) is 22.6. The molecule has 1 aliphatic carbocycles. The van der Waals surface area contributed by atoms with E-state index in [9.17, 15) is 22.4 Å². The molecule has 10 heteroatoms. The Morgan fingerprint density at radius 3 is 2.19 bits per heavy atom. The summed E-state index contributed by atoms with van der Waals surface area (Å²) in [7, 11) is -4.31. The maximum absolute atomic E-state index is 14.6. The molecule has 246 valence electrons. The van der Waals surface area contributed by atoms with Crippen LogP contribution in [0.1, 0.15) is 48.8 Å². The lowest BCUT2D eigenvalue weighted by Gasteiger charge is -2.35. The summed E-state index contributed by atoms with van der Waals surface area (Å²) in [5.41, 5.74) is 2.84. The van der Waals surface area contributed by atoms with Gasteiger partial charge < -0.3 is 10.2 Å². The Morgan fingerprint density at radius 1 is 0.872 bits per heavy atom. The lowest BCUT2D eigenvalue weighted by Crippen LogP contribution is -2.55. The molecule has 1 N–H and O–H groups in total. The second-order valence-corrected chi connectivity index (χ2v) is 14.8. The Morgan fingerprint density at radius 2 is 1.53 bits per heavy atom. The third-order valence-corrected chi connectivity index (χ3v) is 10.7. The Balaban J connectivity index is 1.56. The van der Waals surface area contributed by atoms with Crippen molar-refractivity contribution in [2.45, 2.75) is 69.0 Å². The van der Waals surface area contributed by atoms with Crippen molar-refractivity contribution in [3.05, 3.63) is 130 Å². The SMILES string of the molecule is Cc1ccc(N(CC(=O)N(Cc2cccc(Br)c2)C(Cc2ccccc2)C(=O)NC2CCCCC2)S(=O)(=O)c2ccc(F)cc2)cc1. The van der Waals surface area contributed by atoms with Gasteiger partial charge in [0, 0.05) is 23.5 Å². The van der Waals surface area contributed by atoms with Crippen LogP contribution < -0.4 is 9.62 Å². The molecule has 0 heterocycles. The molecular weight excluding hydrogens is 681 g/mol. The Labute approximate surface area is 285 Å². The predicted molar refractivity (Wildman–Crippen MR) is 186 cm³/mol. The van der Waals surface area contributed by atoms with Crippen molar-refractivity contribution in [3.63, 3.8) is 0 Å². The first kappa shape index (κ1) is 34.3. The summed E-state index contributed by atoms with van der Waals surface area (Å²) in [5, 5.41) is 3.21. The third-order valence-electron chi connectivity index (χ3n) is 8.47. The van der Waals surface area contributed by atoms with Crippen molar-refractivity contribution in [2.24, 2.45) is 0 Å². The molecule has 1 saturated carbocycles. The standard InChI is InChI=1S/C37H39BrFN3O4S/c1-27-15-19-33(20-16-27)42(47(45,46)34-21-17-31(39)18-22-34)26-36(43)41(25-29-11-8-12-30(38)23-29)35(24-28-9-4-2-5-10-28)37(44)40-32-13-6-3-7-14-32/h2,4-5,8-12,15-23,32,35H,3,6-7,13-14,24-26H2,1H3,(H,40,44). The molecule has 1 aliphatic rings. The molecular formula is C37H39BrFN3O4S. The van der Waals surface area contributed by atoms with E-state index in [0.29, 0.717) is 0 Å². The summed E-state index contributed by atoms with van der Waals surface area (Å²) in [6.45, 7) is 1.39. The number of anilines is 1. The summed E-state index contributed by atoms with van der Waals surface area (Å²) >= 11 is 3.51. The minimum Gasteiger partial charge on any atom is -0.352 e. The van der Waals surface area contributed by atoms with Crippen molar-refractivity contribution < 1.29 is 22.4 Å². The predicted octanol–water partition coefficient (Wildman–Crippen LogP) is 7.18. The zero-order valence-corrected chi connectivity index (χ0v) is 28.7. The fourth-order valence-corrected chi connectivity index (χ4v) is 7.76. The van der Waals surface area contributed by atoms with E-state index in [0.717, 1.165) is 69.7 Å². The summed E-state index contributed by atoms with van der Waals surface area (Å²) in [6.07, 6.45) is 5.18. The number of aryl methyl sites for hydroxylation is 1. The van der Waals surface area contributed by atoms with E-state index in [1.165, 1.54) is 17.0 Å². The van der Waals surface area contributed by atoms with Crippen LogP contribution in [0.25, 0.3) is 0 Å². The van der Waals surface area contributed by atoms with E-state index in [1.807, 2.05) is 61.5 Å². The van der Waals surface area contributed by atoms with Crippen molar-refractivity contribution in [3.8, 4) is 0 Å². The number of benzene rings is 4. The Bertz CT molecular complexity index is 1760. The number of hydrogen-bond donors (Lipinski definition) is 1. The normalized spacial score (nSPS) is 14.3. The molecule has 0 spiro atoms. The number of carbonyl (C=O) groups is 2. The van der Waals surface area contributed by atoms with Gasteiger partial charge in [0.25, 0.3) is 10.0 Å². The number of carbonyl (C=O) groups excluding carboxylic acids is 2. The quantitative estimate of drug-likeness (QED) is 0.168. The number of nitrogens with one attached hydrogen (secondary N) is 1. The Hall–Kier alpha value is -4.02. The fraction of sp³-hybridized carbons (Fsp3) is 0.297. The van der Waals surface area contributed by atoms with E-state index in [4.69, 9.17) is 0 Å². The first-order valence-corrected chi connectivity index (χ1v) is 18.1. The molecule has 4 aromatic carbocycles. The van der Waals surface area contributed by atoms with E-state index in [-0.39, 0.29) is 35.5 Å². The maximum atomic E-state index is 14.6. The number of sulfonamides is 1. The van der Waals surface area contributed by atoms with E-state index in [2.05, 4.69) is 21.2 Å². The molecule has 0 radical (unpaired) electrons. The van der Waals surface area contributed by atoms with Gasteiger partial charge in [0.1, 0.15) is 18.4 Å². The van der Waals surface area contributed by atoms with Gasteiger partial charge in [0.15, 0.2) is 0 Å². The van der Waals surface area contributed by atoms with Crippen LogP contribution in [0.4, 0.5) is 10.1 Å². The maximum Gasteiger partial charge on any atom is 0.264 e. The molecule has 7 nitrogen and oxygen atoms in total. The van der Waals surface area contributed by atoms with Crippen LogP contribution in [0.3, 0.4) is 0 Å². The highest BCUT2D eigenvalue weighted by Gasteiger charge is 2.35. The zero-order valence-electron chi connectivity index (χ0n) is 26.3. The molecule has 0 aromatic heterocycles. The van der Waals surface area contributed by atoms with Crippen molar-refractivity contribution >= 4 is 43.5 Å². The van der Waals surface area contributed by atoms with Gasteiger partial charge in [-0.1, -0.05) is 95.4 Å². The van der Waals surface area contributed by atoms with E-state index >= 15 is 0 Å². The van der Waals surface area contributed by atoms with Crippen LogP contribution in [0.15, 0.2) is 112 Å². The molecule has 5 rings (SSSR count). The van der Waals surface area contributed by atoms with Gasteiger partial charge in [0.05, 0.1) is 10.6 Å². The fourth-order valence-electron chi connectivity index (χ4n) is 5.90. The van der Waals surface area contributed by atoms with Crippen LogP contribution in [-0.2, 0) is 32.6 Å². The largest absolute Gasteiger partial charge is 0.352 e. The topological polar surface area (TPSA) is 86.8 Å². The molecule has 1 atom stereocenters. The highest BCUT2D eigenvalue weighted by atomic mass is 79.9. The molecule has 0 aliphatic heterocycles. The lowest BCUT2D eigenvalue weighted by molar-refractivity contribution is -0.140. The molecule has 47 heavy (non-hydrogen) atoms. The average molecular weight is 721 g/mol. The van der Waals surface area contributed by atoms with Gasteiger partial charge in [0.2, 0.25) is 11.8 Å². The van der Waals surface area contributed by atoms with Crippen molar-refractivity contribution in [2.75, 3.05) is 10.8 Å². The van der Waals surface area contributed by atoms with Crippen molar-refractivity contribution in [1.29, 1.82) is 0 Å². The number of amides is 2. The van der Waals surface area contributed by atoms with Crippen LogP contribution in [0.2, 0.25) is 0 Å². The van der Waals surface area contributed by atoms with Crippen LogP contribution >= 0.6 is 15.9 Å². The molecule has 0 saturated heterocycles. The summed E-state index contributed by atoms with van der Waals surface area (Å²) < 4.78 is 43.8. The van der Waals surface area contributed by atoms with Gasteiger partial charge in [-0.25, -0.2) is 12.8 Å². The molecule has 1 unspecified atom stereocenters. The molecule has 2 amide bonds. The second kappa shape index (κ2) is 15.7. The molecule has 0 bridgehead atoms. The lowest BCUT2D eigenvalue weighted by atomic mass is 9.94. The van der Waals surface area contributed by atoms with E-state index in [1.54, 1.807) is 24.3 Å². The second-order valence-electron chi connectivity index (χ2n) is 12.0. The van der Waals surface area contributed by atoms with Crippen LogP contribution in [0.5, 0.6) is 0 Å². The van der Waals surface area contributed by atoms with Crippen LogP contribution in [-0.4, -0.2) is 43.8 Å². The van der Waals surface area contributed by atoms with Gasteiger partial charge >= 0.3 is 0 Å². The summed E-state index contributed by atoms with van der Waals surface area (Å²) in [6, 6.07) is 27.4. The molecule has 1 fully saturated rings. The van der Waals surface area contributed by atoms with Gasteiger partial charge in [-0.15, -0.1) is 0 Å². The van der Waals surface area contributed by atoms with Gasteiger partial charge in [-0.05, 0) is 79.4 Å². The van der Waals surface area contributed by atoms with E-state index < -0.39 is 34.3 Å². The summed E-state index contributed by atoms with van der Waals surface area (Å²) in [4.78, 5) is 30.1. The van der Waals surface area contributed by atoms with Crippen LogP contribution in [0, 0.1) is 12.7 Å².